The number of tetrazole rings is 1. The fraction of sp³-hybridized carbons (Fsp3) is 0.500. The van der Waals surface area contributed by atoms with Gasteiger partial charge in [-0.2, -0.15) is 4.68 Å². The van der Waals surface area contributed by atoms with E-state index in [1.807, 2.05) is 31.2 Å². The van der Waals surface area contributed by atoms with Crippen LogP contribution in [-0.2, 0) is 14.3 Å². The smallest absolute Gasteiger partial charge is 0.328 e. The van der Waals surface area contributed by atoms with E-state index >= 15 is 0 Å². The first-order chi connectivity index (χ1) is 13.1. The van der Waals surface area contributed by atoms with Crippen LogP contribution in [0.2, 0.25) is 0 Å². The minimum atomic E-state index is -0.487. The van der Waals surface area contributed by atoms with Crippen molar-refractivity contribution >= 4 is 23.6 Å². The van der Waals surface area contributed by atoms with Gasteiger partial charge in [0.25, 0.3) is 0 Å². The molecule has 0 radical (unpaired) electrons. The zero-order valence-electron chi connectivity index (χ0n) is 15.5. The van der Waals surface area contributed by atoms with Crippen molar-refractivity contribution in [1.29, 1.82) is 0 Å². The number of likely N-dealkylation sites (tertiary alicyclic amines) is 1. The Morgan fingerprint density at radius 3 is 2.89 bits per heavy atom. The minimum Gasteiger partial charge on any atom is -0.464 e. The fourth-order valence-electron chi connectivity index (χ4n) is 3.14. The lowest BCUT2D eigenvalue weighted by Gasteiger charge is -2.33. The van der Waals surface area contributed by atoms with Gasteiger partial charge in [-0.3, -0.25) is 4.79 Å². The molecule has 9 heteroatoms. The summed E-state index contributed by atoms with van der Waals surface area (Å²) in [6.45, 7) is 4.64. The normalized spacial score (nSPS) is 17.0. The van der Waals surface area contributed by atoms with Crippen molar-refractivity contribution in [2.45, 2.75) is 44.3 Å². The Morgan fingerprint density at radius 1 is 1.30 bits per heavy atom. The Morgan fingerprint density at radius 2 is 2.11 bits per heavy atom. The zero-order chi connectivity index (χ0) is 19.2. The number of aromatic nitrogens is 4. The third-order valence-corrected chi connectivity index (χ3v) is 5.40. The van der Waals surface area contributed by atoms with Crippen molar-refractivity contribution in [2.75, 3.05) is 18.9 Å². The van der Waals surface area contributed by atoms with Gasteiger partial charge in [-0.05, 0) is 55.2 Å². The summed E-state index contributed by atoms with van der Waals surface area (Å²) >= 11 is 1.27. The minimum absolute atomic E-state index is 0.0999. The second-order valence-corrected chi connectivity index (χ2v) is 7.24. The first kappa shape index (κ1) is 19.3. The number of aryl methyl sites for hydroxylation is 1. The lowest BCUT2D eigenvalue weighted by Crippen LogP contribution is -2.49. The van der Waals surface area contributed by atoms with Gasteiger partial charge in [0, 0.05) is 6.54 Å². The molecule has 1 fully saturated rings. The second kappa shape index (κ2) is 8.98. The van der Waals surface area contributed by atoms with Crippen LogP contribution in [0.3, 0.4) is 0 Å². The van der Waals surface area contributed by atoms with E-state index in [9.17, 15) is 9.59 Å². The van der Waals surface area contributed by atoms with Crippen LogP contribution >= 0.6 is 11.8 Å². The van der Waals surface area contributed by atoms with Gasteiger partial charge in [-0.15, -0.1) is 5.10 Å². The van der Waals surface area contributed by atoms with Crippen molar-refractivity contribution in [3.8, 4) is 5.69 Å². The third-order valence-electron chi connectivity index (χ3n) is 4.49. The van der Waals surface area contributed by atoms with Crippen LogP contribution < -0.4 is 0 Å². The highest BCUT2D eigenvalue weighted by atomic mass is 32.2. The van der Waals surface area contributed by atoms with Gasteiger partial charge in [0.2, 0.25) is 11.1 Å². The van der Waals surface area contributed by atoms with Crippen LogP contribution in [0.5, 0.6) is 0 Å². The summed E-state index contributed by atoms with van der Waals surface area (Å²) in [7, 11) is 0. The highest BCUT2D eigenvalue weighted by Crippen LogP contribution is 2.23. The Balaban J connectivity index is 1.68. The van der Waals surface area contributed by atoms with Crippen LogP contribution in [-0.4, -0.2) is 61.9 Å². The summed E-state index contributed by atoms with van der Waals surface area (Å²) in [5.74, 6) is -0.250. The average Bonchev–Trinajstić information content (AvgIpc) is 3.15. The van der Waals surface area contributed by atoms with Crippen LogP contribution in [0.1, 0.15) is 31.7 Å². The number of amides is 1. The van der Waals surface area contributed by atoms with E-state index in [-0.39, 0.29) is 17.6 Å². The maximum Gasteiger partial charge on any atom is 0.328 e. The van der Waals surface area contributed by atoms with Gasteiger partial charge in [-0.25, -0.2) is 4.79 Å². The Hall–Kier alpha value is -2.42. The molecule has 0 unspecified atom stereocenters. The number of piperidine rings is 1. The monoisotopic (exact) mass is 389 g/mol. The Kier molecular flexibility index (Phi) is 6.44. The highest BCUT2D eigenvalue weighted by Gasteiger charge is 2.33. The van der Waals surface area contributed by atoms with E-state index in [0.717, 1.165) is 24.1 Å². The molecular formula is C18H23N5O3S. The van der Waals surface area contributed by atoms with Crippen LogP contribution in [0, 0.1) is 6.92 Å². The molecule has 3 rings (SSSR count). The SMILES string of the molecule is CCOC(=O)[C@H]1CCCCN1C(=O)CSc1nnnn1-c1ccccc1C. The van der Waals surface area contributed by atoms with Crippen LogP contribution in [0.4, 0.5) is 0 Å². The quantitative estimate of drug-likeness (QED) is 0.551. The topological polar surface area (TPSA) is 90.2 Å². The largest absolute Gasteiger partial charge is 0.464 e. The summed E-state index contributed by atoms with van der Waals surface area (Å²) in [6.07, 6.45) is 2.47. The van der Waals surface area contributed by atoms with E-state index in [1.54, 1.807) is 16.5 Å². The van der Waals surface area contributed by atoms with Crippen molar-refractivity contribution < 1.29 is 14.3 Å². The second-order valence-electron chi connectivity index (χ2n) is 6.30. The van der Waals surface area contributed by atoms with E-state index in [4.69, 9.17) is 4.74 Å². The van der Waals surface area contributed by atoms with Crippen LogP contribution in [0.15, 0.2) is 29.4 Å². The fourth-order valence-corrected chi connectivity index (χ4v) is 3.91. The lowest BCUT2D eigenvalue weighted by atomic mass is 10.0. The number of para-hydroxylation sites is 1. The summed E-state index contributed by atoms with van der Waals surface area (Å²) in [5, 5.41) is 12.4. The molecule has 2 aromatic rings. The molecule has 27 heavy (non-hydrogen) atoms. The molecule has 1 aromatic carbocycles. The number of rotatable bonds is 6. The lowest BCUT2D eigenvalue weighted by molar-refractivity contribution is -0.155. The molecule has 0 saturated carbocycles. The van der Waals surface area contributed by atoms with Gasteiger partial charge in [0.1, 0.15) is 6.04 Å². The highest BCUT2D eigenvalue weighted by molar-refractivity contribution is 7.99. The number of hydrogen-bond acceptors (Lipinski definition) is 7. The predicted molar refractivity (Wildman–Crippen MR) is 101 cm³/mol. The van der Waals surface area contributed by atoms with Gasteiger partial charge in [0.05, 0.1) is 18.0 Å². The number of hydrogen-bond donors (Lipinski definition) is 0. The summed E-state index contributed by atoms with van der Waals surface area (Å²) < 4.78 is 6.76. The molecule has 1 aromatic heterocycles. The molecule has 0 aliphatic carbocycles. The van der Waals surface area contributed by atoms with E-state index in [1.165, 1.54) is 11.8 Å². The van der Waals surface area contributed by atoms with Crippen molar-refractivity contribution in [3.05, 3.63) is 29.8 Å². The first-order valence-corrected chi connectivity index (χ1v) is 10.0. The molecule has 144 valence electrons. The summed E-state index contributed by atoms with van der Waals surface area (Å²) in [6, 6.07) is 7.29. The van der Waals surface area contributed by atoms with Crippen LogP contribution in [0.25, 0.3) is 5.69 Å². The summed E-state index contributed by atoms with van der Waals surface area (Å²) in [4.78, 5) is 26.5. The molecule has 0 spiro atoms. The van der Waals surface area contributed by atoms with Gasteiger partial charge < -0.3 is 9.64 Å². The Bertz CT molecular complexity index is 810. The predicted octanol–water partition coefficient (Wildman–Crippen LogP) is 2.01. The number of thioether (sulfide) groups is 1. The van der Waals surface area contributed by atoms with Gasteiger partial charge in [0.15, 0.2) is 0 Å². The summed E-state index contributed by atoms with van der Waals surface area (Å²) in [5.41, 5.74) is 1.91. The number of carbonyl (C=O) groups excluding carboxylic acids is 2. The third kappa shape index (κ3) is 4.47. The maximum absolute atomic E-state index is 12.7. The molecule has 0 bridgehead atoms. The molecule has 1 amide bonds. The molecule has 1 saturated heterocycles. The number of esters is 1. The van der Waals surface area contributed by atoms with Gasteiger partial charge >= 0.3 is 5.97 Å². The van der Waals surface area contributed by atoms with E-state index in [0.29, 0.717) is 24.7 Å². The van der Waals surface area contributed by atoms with Crippen molar-refractivity contribution in [1.82, 2.24) is 25.1 Å². The average molecular weight is 389 g/mol. The standard InChI is InChI=1S/C18H23N5O3S/c1-3-26-17(25)15-10-6-7-11-22(15)16(24)12-27-18-19-20-21-23(18)14-9-5-4-8-13(14)2/h4-5,8-9,15H,3,6-7,10-12H2,1-2H3/t15-/m1/s1. The Labute approximate surface area is 162 Å². The molecular weight excluding hydrogens is 366 g/mol. The number of ether oxygens (including phenoxy) is 1. The van der Waals surface area contributed by atoms with Gasteiger partial charge in [-0.1, -0.05) is 30.0 Å². The number of carbonyl (C=O) groups is 2. The number of benzene rings is 1. The molecule has 1 aliphatic heterocycles. The molecule has 1 atom stereocenters. The first-order valence-electron chi connectivity index (χ1n) is 9.05. The molecule has 1 aliphatic rings. The molecule has 0 N–H and O–H groups in total. The van der Waals surface area contributed by atoms with Crippen molar-refractivity contribution in [2.24, 2.45) is 0 Å². The number of nitrogens with zero attached hydrogens (tertiary/aromatic N) is 5. The molecule has 2 heterocycles. The zero-order valence-corrected chi connectivity index (χ0v) is 16.3. The molecule has 8 nitrogen and oxygen atoms in total. The van der Waals surface area contributed by atoms with Crippen molar-refractivity contribution in [3.63, 3.8) is 0 Å². The van der Waals surface area contributed by atoms with E-state index < -0.39 is 6.04 Å². The van der Waals surface area contributed by atoms with E-state index in [2.05, 4.69) is 15.5 Å². The maximum atomic E-state index is 12.7.